The maximum atomic E-state index is 5.92. The van der Waals surface area contributed by atoms with Gasteiger partial charge in [-0.05, 0) is 12.8 Å². The zero-order valence-electron chi connectivity index (χ0n) is 7.56. The van der Waals surface area contributed by atoms with Crippen LogP contribution in [-0.2, 0) is 0 Å². The minimum absolute atomic E-state index is 0.0342. The van der Waals surface area contributed by atoms with Crippen molar-refractivity contribution < 1.29 is 0 Å². The van der Waals surface area contributed by atoms with Crippen molar-refractivity contribution in [2.75, 3.05) is 6.54 Å². The highest BCUT2D eigenvalue weighted by atomic mass is 35.5. The van der Waals surface area contributed by atoms with Crippen LogP contribution in [0.25, 0.3) is 0 Å². The second kappa shape index (κ2) is 5.79. The first-order valence-corrected chi connectivity index (χ1v) is 5.36. The maximum absolute atomic E-state index is 5.92. The Hall–Kier alpha value is 0.210. The van der Waals surface area contributed by atoms with Crippen LogP contribution in [-0.4, -0.2) is 18.1 Å². The fourth-order valence-electron chi connectivity index (χ4n) is 1.77. The van der Waals surface area contributed by atoms with Gasteiger partial charge in [0, 0.05) is 12.6 Å². The van der Waals surface area contributed by atoms with Crippen LogP contribution in [0.3, 0.4) is 0 Å². The predicted octanol–water partition coefficient (Wildman–Crippen LogP) is 1.82. The first kappa shape index (κ1) is 10.3. The minimum atomic E-state index is -0.0342. The van der Waals surface area contributed by atoms with Gasteiger partial charge in [-0.1, -0.05) is 25.7 Å². The Morgan fingerprint density at radius 1 is 1.25 bits per heavy atom. The molecule has 0 amide bonds. The smallest absolute Gasteiger partial charge is 0.0951 e. The van der Waals surface area contributed by atoms with Gasteiger partial charge in [-0.2, -0.15) is 0 Å². The molecule has 2 nitrogen and oxygen atoms in total. The lowest BCUT2D eigenvalue weighted by molar-refractivity contribution is 0.447. The summed E-state index contributed by atoms with van der Waals surface area (Å²) >= 11 is 5.92. The van der Waals surface area contributed by atoms with Crippen LogP contribution in [0.5, 0.6) is 0 Å². The number of alkyl halides is 1. The van der Waals surface area contributed by atoms with E-state index in [1.54, 1.807) is 0 Å². The van der Waals surface area contributed by atoms with E-state index in [1.165, 1.54) is 38.5 Å². The lowest BCUT2D eigenvalue weighted by atomic mass is 10.1. The summed E-state index contributed by atoms with van der Waals surface area (Å²) in [5, 5.41) is 3.35. The Bertz CT molecular complexity index is 111. The number of rotatable bonds is 3. The first-order valence-electron chi connectivity index (χ1n) is 4.93. The van der Waals surface area contributed by atoms with E-state index in [-0.39, 0.29) is 5.50 Å². The molecule has 0 heterocycles. The van der Waals surface area contributed by atoms with Crippen LogP contribution in [0, 0.1) is 0 Å². The van der Waals surface area contributed by atoms with Gasteiger partial charge < -0.3 is 5.73 Å². The van der Waals surface area contributed by atoms with E-state index in [0.717, 1.165) is 0 Å². The van der Waals surface area contributed by atoms with Crippen molar-refractivity contribution in [3.05, 3.63) is 0 Å². The number of nitrogens with two attached hydrogens (primary N) is 1. The Balaban J connectivity index is 2.20. The van der Waals surface area contributed by atoms with Crippen LogP contribution in [0.2, 0.25) is 0 Å². The van der Waals surface area contributed by atoms with Gasteiger partial charge in [-0.3, -0.25) is 5.32 Å². The van der Waals surface area contributed by atoms with E-state index < -0.39 is 0 Å². The number of nitrogens with one attached hydrogen (secondary N) is 1. The van der Waals surface area contributed by atoms with Crippen LogP contribution in [0.15, 0.2) is 0 Å². The molecular formula is C9H19ClN2. The summed E-state index contributed by atoms with van der Waals surface area (Å²) in [6.45, 7) is 0.526. The second-order valence-electron chi connectivity index (χ2n) is 3.56. The normalized spacial score (nSPS) is 23.5. The molecule has 3 heteroatoms. The molecule has 1 aliphatic carbocycles. The summed E-state index contributed by atoms with van der Waals surface area (Å²) in [5.41, 5.74) is 5.40. The third-order valence-electron chi connectivity index (χ3n) is 2.48. The zero-order valence-corrected chi connectivity index (χ0v) is 8.32. The molecule has 0 saturated heterocycles. The molecule has 0 radical (unpaired) electrons. The van der Waals surface area contributed by atoms with Crippen molar-refractivity contribution in [2.45, 2.75) is 50.1 Å². The van der Waals surface area contributed by atoms with Crippen molar-refractivity contribution in [3.63, 3.8) is 0 Å². The summed E-state index contributed by atoms with van der Waals surface area (Å²) in [6, 6.07) is 0.610. The third kappa shape index (κ3) is 3.74. The summed E-state index contributed by atoms with van der Waals surface area (Å²) in [5.74, 6) is 0. The van der Waals surface area contributed by atoms with Gasteiger partial charge in [0.25, 0.3) is 0 Å². The Labute approximate surface area is 79.8 Å². The molecular weight excluding hydrogens is 172 g/mol. The SMILES string of the molecule is NCC(Cl)NC1CCCCCC1. The van der Waals surface area contributed by atoms with Crippen molar-refractivity contribution in [3.8, 4) is 0 Å². The van der Waals surface area contributed by atoms with Crippen LogP contribution < -0.4 is 11.1 Å². The molecule has 1 aliphatic rings. The molecule has 72 valence electrons. The predicted molar refractivity (Wildman–Crippen MR) is 53.3 cm³/mol. The Morgan fingerprint density at radius 2 is 1.83 bits per heavy atom. The lowest BCUT2D eigenvalue weighted by Crippen LogP contribution is -2.38. The van der Waals surface area contributed by atoms with Crippen LogP contribution in [0.4, 0.5) is 0 Å². The van der Waals surface area contributed by atoms with E-state index in [2.05, 4.69) is 5.32 Å². The molecule has 3 N–H and O–H groups in total. The van der Waals surface area contributed by atoms with Crippen molar-refractivity contribution in [1.29, 1.82) is 0 Å². The summed E-state index contributed by atoms with van der Waals surface area (Å²) in [4.78, 5) is 0. The molecule has 1 rings (SSSR count). The molecule has 1 unspecified atom stereocenters. The zero-order chi connectivity index (χ0) is 8.81. The highest BCUT2D eigenvalue weighted by Gasteiger charge is 2.13. The summed E-state index contributed by atoms with van der Waals surface area (Å²) < 4.78 is 0. The molecule has 1 atom stereocenters. The first-order chi connectivity index (χ1) is 5.83. The molecule has 12 heavy (non-hydrogen) atoms. The van der Waals surface area contributed by atoms with Crippen LogP contribution >= 0.6 is 11.6 Å². The highest BCUT2D eigenvalue weighted by molar-refractivity contribution is 6.20. The second-order valence-corrected chi connectivity index (χ2v) is 4.09. The number of hydrogen-bond donors (Lipinski definition) is 2. The average molecular weight is 191 g/mol. The van der Waals surface area contributed by atoms with Gasteiger partial charge in [0.05, 0.1) is 5.50 Å². The van der Waals surface area contributed by atoms with E-state index in [0.29, 0.717) is 12.6 Å². The Kier molecular flexibility index (Phi) is 4.96. The molecule has 0 aliphatic heterocycles. The molecule has 1 saturated carbocycles. The fourth-order valence-corrected chi connectivity index (χ4v) is 1.95. The fraction of sp³-hybridized carbons (Fsp3) is 1.00. The van der Waals surface area contributed by atoms with Gasteiger partial charge in [-0.25, -0.2) is 0 Å². The molecule has 0 aromatic rings. The molecule has 0 aromatic heterocycles. The summed E-state index contributed by atoms with van der Waals surface area (Å²) in [6.07, 6.45) is 7.98. The molecule has 0 spiro atoms. The maximum Gasteiger partial charge on any atom is 0.0951 e. The van der Waals surface area contributed by atoms with Crippen molar-refractivity contribution in [1.82, 2.24) is 5.32 Å². The van der Waals surface area contributed by atoms with Crippen molar-refractivity contribution >= 4 is 11.6 Å². The lowest BCUT2D eigenvalue weighted by Gasteiger charge is -2.19. The van der Waals surface area contributed by atoms with Gasteiger partial charge >= 0.3 is 0 Å². The number of halogens is 1. The van der Waals surface area contributed by atoms with Crippen LogP contribution in [0.1, 0.15) is 38.5 Å². The largest absolute Gasteiger partial charge is 0.328 e. The van der Waals surface area contributed by atoms with E-state index in [4.69, 9.17) is 17.3 Å². The van der Waals surface area contributed by atoms with Gasteiger partial charge in [0.15, 0.2) is 0 Å². The van der Waals surface area contributed by atoms with Crippen molar-refractivity contribution in [2.24, 2.45) is 5.73 Å². The highest BCUT2D eigenvalue weighted by Crippen LogP contribution is 2.17. The third-order valence-corrected chi connectivity index (χ3v) is 2.78. The summed E-state index contributed by atoms with van der Waals surface area (Å²) in [7, 11) is 0. The number of hydrogen-bond acceptors (Lipinski definition) is 2. The molecule has 0 aromatic carbocycles. The monoisotopic (exact) mass is 190 g/mol. The van der Waals surface area contributed by atoms with E-state index >= 15 is 0 Å². The Morgan fingerprint density at radius 3 is 2.33 bits per heavy atom. The van der Waals surface area contributed by atoms with Gasteiger partial charge in [-0.15, -0.1) is 11.6 Å². The van der Waals surface area contributed by atoms with Gasteiger partial charge in [0.1, 0.15) is 0 Å². The molecule has 1 fully saturated rings. The minimum Gasteiger partial charge on any atom is -0.328 e. The standard InChI is InChI=1S/C9H19ClN2/c10-9(7-11)12-8-5-3-1-2-4-6-8/h8-9,12H,1-7,11H2. The molecule has 0 bridgehead atoms. The average Bonchev–Trinajstić information content (AvgIpc) is 2.33. The quantitative estimate of drug-likeness (QED) is 0.405. The van der Waals surface area contributed by atoms with Gasteiger partial charge in [0.2, 0.25) is 0 Å². The van der Waals surface area contributed by atoms with E-state index in [1.807, 2.05) is 0 Å². The van der Waals surface area contributed by atoms with E-state index in [9.17, 15) is 0 Å². The topological polar surface area (TPSA) is 38.0 Å².